The van der Waals surface area contributed by atoms with Crippen molar-refractivity contribution in [1.82, 2.24) is 0 Å². The lowest BCUT2D eigenvalue weighted by molar-refractivity contribution is 1.20. The zero-order chi connectivity index (χ0) is 10.3. The first-order valence-electron chi connectivity index (χ1n) is 5.27. The maximum absolute atomic E-state index is 2.40. The van der Waals surface area contributed by atoms with Crippen molar-refractivity contribution in [2.75, 3.05) is 0 Å². The first-order chi connectivity index (χ1) is 6.47. The lowest BCUT2D eigenvalue weighted by atomic mass is 10.1. The van der Waals surface area contributed by atoms with Gasteiger partial charge in [-0.2, -0.15) is 0 Å². The molecule has 1 aliphatic rings. The molecule has 0 aliphatic heterocycles. The third kappa shape index (κ3) is 1.69. The average Bonchev–Trinajstić information content (AvgIpc) is 2.41. The molecule has 0 saturated carbocycles. The molecule has 0 heterocycles. The molecule has 74 valence electrons. The van der Waals surface area contributed by atoms with Crippen LogP contribution in [0, 0.1) is 0 Å². The van der Waals surface area contributed by atoms with Crippen LogP contribution in [-0.2, 0) is 6.42 Å². The zero-order valence-electron chi connectivity index (χ0n) is 9.52. The topological polar surface area (TPSA) is 0 Å². The van der Waals surface area contributed by atoms with Crippen LogP contribution in [0.1, 0.15) is 18.1 Å². The minimum atomic E-state index is -1.13. The molecular formula is C13H18Si. The van der Waals surface area contributed by atoms with Crippen molar-refractivity contribution < 1.29 is 0 Å². The predicted molar refractivity (Wildman–Crippen MR) is 66.8 cm³/mol. The summed E-state index contributed by atoms with van der Waals surface area (Å²) < 4.78 is 0. The van der Waals surface area contributed by atoms with Crippen molar-refractivity contribution in [2.24, 2.45) is 0 Å². The van der Waals surface area contributed by atoms with Gasteiger partial charge in [-0.05, 0) is 24.5 Å². The number of allylic oxidation sites excluding steroid dienone is 1. The lowest BCUT2D eigenvalue weighted by Gasteiger charge is -2.17. The Hall–Kier alpha value is -0.823. The van der Waals surface area contributed by atoms with Crippen molar-refractivity contribution in [3.05, 3.63) is 34.9 Å². The summed E-state index contributed by atoms with van der Waals surface area (Å²) in [6.45, 7) is 9.43. The number of hydrogen-bond acceptors (Lipinski definition) is 0. The summed E-state index contributed by atoms with van der Waals surface area (Å²) in [6.07, 6.45) is 3.49. The molecule has 0 nitrogen and oxygen atoms in total. The molecule has 0 atom stereocenters. The van der Waals surface area contributed by atoms with Crippen LogP contribution in [0.25, 0.3) is 6.08 Å². The van der Waals surface area contributed by atoms with Crippen LogP contribution in [-0.4, -0.2) is 8.07 Å². The fourth-order valence-corrected chi connectivity index (χ4v) is 3.15. The van der Waals surface area contributed by atoms with Crippen molar-refractivity contribution in [3.63, 3.8) is 0 Å². The van der Waals surface area contributed by atoms with Gasteiger partial charge in [-0.3, -0.25) is 0 Å². The summed E-state index contributed by atoms with van der Waals surface area (Å²) in [5.41, 5.74) is 4.46. The molecule has 14 heavy (non-hydrogen) atoms. The second-order valence-corrected chi connectivity index (χ2v) is 10.4. The van der Waals surface area contributed by atoms with Gasteiger partial charge in [-0.15, -0.1) is 0 Å². The zero-order valence-corrected chi connectivity index (χ0v) is 10.5. The number of rotatable bonds is 1. The molecule has 0 fully saturated rings. The molecule has 1 heteroatoms. The Morgan fingerprint density at radius 2 is 1.86 bits per heavy atom. The van der Waals surface area contributed by atoms with E-state index in [1.54, 1.807) is 5.19 Å². The maximum atomic E-state index is 2.40. The summed E-state index contributed by atoms with van der Waals surface area (Å²) in [4.78, 5) is 0. The van der Waals surface area contributed by atoms with Crippen LogP contribution in [0.15, 0.2) is 23.8 Å². The Morgan fingerprint density at radius 1 is 1.14 bits per heavy atom. The summed E-state index contributed by atoms with van der Waals surface area (Å²) in [7, 11) is -1.13. The molecule has 1 aromatic rings. The molecule has 0 spiro atoms. The first kappa shape index (κ1) is 9.72. The van der Waals surface area contributed by atoms with Crippen molar-refractivity contribution >= 4 is 19.3 Å². The second-order valence-electron chi connectivity index (χ2n) is 5.33. The smallest absolute Gasteiger partial charge is 0.0683 e. The van der Waals surface area contributed by atoms with Gasteiger partial charge in [0.2, 0.25) is 0 Å². The summed E-state index contributed by atoms with van der Waals surface area (Å²) >= 11 is 0. The molecule has 0 N–H and O–H groups in total. The Kier molecular flexibility index (Phi) is 2.15. The van der Waals surface area contributed by atoms with Crippen LogP contribution >= 0.6 is 0 Å². The maximum Gasteiger partial charge on any atom is 0.0776 e. The number of hydrogen-bond donors (Lipinski definition) is 0. The Labute approximate surface area is 87.7 Å². The van der Waals surface area contributed by atoms with Gasteiger partial charge < -0.3 is 0 Å². The predicted octanol–water partition coefficient (Wildman–Crippen LogP) is 3.19. The Balaban J connectivity index is 2.46. The highest BCUT2D eigenvalue weighted by molar-refractivity contribution is 6.88. The van der Waals surface area contributed by atoms with Gasteiger partial charge >= 0.3 is 0 Å². The fourth-order valence-electron chi connectivity index (χ4n) is 1.97. The molecule has 1 aliphatic carbocycles. The molecule has 0 bridgehead atoms. The highest BCUT2D eigenvalue weighted by atomic mass is 28.3. The molecule has 0 aromatic heterocycles. The minimum absolute atomic E-state index is 1.13. The van der Waals surface area contributed by atoms with Crippen molar-refractivity contribution in [3.8, 4) is 0 Å². The highest BCUT2D eigenvalue weighted by Crippen LogP contribution is 2.24. The van der Waals surface area contributed by atoms with E-state index in [9.17, 15) is 0 Å². The summed E-state index contributed by atoms with van der Waals surface area (Å²) in [6, 6.07) is 7.05. The Bertz CT molecular complexity index is 394. The van der Waals surface area contributed by atoms with Crippen LogP contribution in [0.2, 0.25) is 19.6 Å². The third-order valence-electron chi connectivity index (χ3n) is 2.88. The third-order valence-corrected chi connectivity index (χ3v) is 4.93. The lowest BCUT2D eigenvalue weighted by Crippen LogP contribution is -2.37. The van der Waals surface area contributed by atoms with Gasteiger partial charge in [0, 0.05) is 0 Å². The van der Waals surface area contributed by atoms with Crippen molar-refractivity contribution in [1.29, 1.82) is 0 Å². The van der Waals surface area contributed by atoms with Crippen LogP contribution in [0.5, 0.6) is 0 Å². The second kappa shape index (κ2) is 3.09. The molecule has 0 radical (unpaired) electrons. The van der Waals surface area contributed by atoms with Gasteiger partial charge in [0.15, 0.2) is 0 Å². The molecule has 2 rings (SSSR count). The monoisotopic (exact) mass is 202 g/mol. The molecule has 0 amide bonds. The van der Waals surface area contributed by atoms with Gasteiger partial charge in [0.05, 0.1) is 8.07 Å². The quantitative estimate of drug-likeness (QED) is 0.614. The minimum Gasteiger partial charge on any atom is -0.0683 e. The van der Waals surface area contributed by atoms with E-state index in [-0.39, 0.29) is 0 Å². The molecular weight excluding hydrogens is 184 g/mol. The van der Waals surface area contributed by atoms with E-state index in [0.717, 1.165) is 6.42 Å². The largest absolute Gasteiger partial charge is 0.0776 e. The summed E-state index contributed by atoms with van der Waals surface area (Å²) in [5.74, 6) is 0. The van der Waals surface area contributed by atoms with Crippen molar-refractivity contribution in [2.45, 2.75) is 33.0 Å². The Morgan fingerprint density at radius 3 is 2.50 bits per heavy atom. The van der Waals surface area contributed by atoms with Gasteiger partial charge in [0.25, 0.3) is 0 Å². The van der Waals surface area contributed by atoms with E-state index >= 15 is 0 Å². The van der Waals surface area contributed by atoms with E-state index in [2.05, 4.69) is 50.8 Å². The summed E-state index contributed by atoms with van der Waals surface area (Å²) in [5, 5.41) is 1.57. The fraction of sp³-hybridized carbons (Fsp3) is 0.385. The van der Waals surface area contributed by atoms with Crippen LogP contribution < -0.4 is 5.19 Å². The first-order valence-corrected chi connectivity index (χ1v) is 8.77. The van der Waals surface area contributed by atoms with E-state index in [4.69, 9.17) is 0 Å². The van der Waals surface area contributed by atoms with E-state index in [1.165, 1.54) is 16.7 Å². The standard InChI is InChI=1S/C13H18Si/c1-10-7-11-5-6-13(14(2,3)4)9-12(11)8-10/h5-6,8-9H,7H2,1-4H3. The van der Waals surface area contributed by atoms with Gasteiger partial charge in [-0.1, -0.05) is 54.7 Å². The van der Waals surface area contributed by atoms with E-state index < -0.39 is 8.07 Å². The number of fused-ring (bicyclic) bond motifs is 1. The SMILES string of the molecule is CC1=Cc2cc([Si](C)(C)C)ccc2C1. The molecule has 0 unspecified atom stereocenters. The number of benzene rings is 1. The molecule has 0 saturated heterocycles. The molecule has 1 aromatic carbocycles. The van der Waals surface area contributed by atoms with E-state index in [1.807, 2.05) is 0 Å². The van der Waals surface area contributed by atoms with Gasteiger partial charge in [0.1, 0.15) is 0 Å². The normalized spacial score (nSPS) is 15.3. The highest BCUT2D eigenvalue weighted by Gasteiger charge is 2.18. The van der Waals surface area contributed by atoms with Crippen LogP contribution in [0.4, 0.5) is 0 Å². The van der Waals surface area contributed by atoms with E-state index in [0.29, 0.717) is 0 Å². The van der Waals surface area contributed by atoms with Gasteiger partial charge in [-0.25, -0.2) is 0 Å². The van der Waals surface area contributed by atoms with Crippen LogP contribution in [0.3, 0.4) is 0 Å². The average molecular weight is 202 g/mol.